The molecule has 0 aliphatic heterocycles. The molecule has 0 heterocycles. The Morgan fingerprint density at radius 2 is 0.950 bits per heavy atom. The Balaban J connectivity index is -0.00000684. The quantitative estimate of drug-likeness (QED) is 0.185. The number of carbonyl (C=O) groups is 2. The molecule has 1 atom stereocenters. The first-order valence-electron chi connectivity index (χ1n) is 8.39. The zero-order valence-corrected chi connectivity index (χ0v) is 17.7. The molecule has 0 aromatic carbocycles. The third-order valence-electron chi connectivity index (χ3n) is 4.19. The van der Waals surface area contributed by atoms with Gasteiger partial charge in [-0.1, -0.05) is 0 Å². The van der Waals surface area contributed by atoms with Crippen LogP contribution in [0.4, 0.5) is 74.6 Å². The van der Waals surface area contributed by atoms with Gasteiger partial charge >= 0.3 is 128 Å². The fourth-order valence-corrected chi connectivity index (χ4v) is 2.79. The van der Waals surface area contributed by atoms with E-state index < -0.39 is 87.9 Å². The normalized spacial score (nSPS) is 15.4. The number of nitrogens with two attached hydrogens (primary N) is 1. The number of hydrogen-bond acceptors (Lipinski definition) is 6. The van der Waals surface area contributed by atoms with Gasteiger partial charge in [-0.25, -0.2) is 0 Å². The van der Waals surface area contributed by atoms with Crippen LogP contribution in [0, 0.1) is 0 Å². The van der Waals surface area contributed by atoms with Gasteiger partial charge in [-0.3, -0.25) is 9.59 Å². The summed E-state index contributed by atoms with van der Waals surface area (Å²) in [6.07, 6.45) is -10.9. The second-order valence-electron chi connectivity index (χ2n) is 6.85. The fourth-order valence-electron chi connectivity index (χ4n) is 1.92. The van der Waals surface area contributed by atoms with E-state index in [1.165, 1.54) is 0 Å². The number of hydrogen-bond donors (Lipinski definition) is 2. The number of carboxylic acid groups (broad SMARTS) is 1. The Hall–Kier alpha value is -0.340. The molecule has 0 unspecified atom stereocenters. The Labute approximate surface area is 253 Å². The van der Waals surface area contributed by atoms with Crippen molar-refractivity contribution in [1.82, 2.24) is 0 Å². The van der Waals surface area contributed by atoms with E-state index in [0.29, 0.717) is 0 Å². The van der Waals surface area contributed by atoms with E-state index >= 15 is 0 Å². The molecule has 27 heteroatoms. The van der Waals surface area contributed by atoms with E-state index in [-0.39, 0.29) is 59.1 Å². The minimum absolute atomic E-state index is 0. The molecular weight excluding hydrogens is 667 g/mol. The van der Waals surface area contributed by atoms with Gasteiger partial charge in [0, 0.05) is 6.42 Å². The molecule has 3 N–H and O–H groups in total. The number of carbonyl (C=O) groups excluding carboxylic acids is 1. The maximum absolute atomic E-state index is 13.7. The number of halogens is 17. The SMILES string of the molecule is N[C@@H](CCC(=O)OS(=O)(=O)C(F)(F)C(F)(F)C(F)(F)C(F)(F)C(F)(F)C(F)(F)C(F)(F)C(F)(F)F)C(=O)O.[NaH].[NaH]. The fraction of sp³-hybridized carbons (Fsp3) is 0.846. The van der Waals surface area contributed by atoms with Crippen LogP contribution in [0.2, 0.25) is 0 Å². The standard InChI is InChI=1S/C13H8F17NO6S.2Na.2H/c14-6(15,8(18,19)10(22,23)12(26,27)28)7(16,17)9(20,21)11(24,25)13(29,30)38(35,36)37-4(32)2-1-3(31)5(33)34;;;;/h3H,1-2,31H2,(H,33,34);;;;/t3-;;;;/m0..../s1. The van der Waals surface area contributed by atoms with Crippen LogP contribution in [-0.2, 0) is 23.9 Å². The van der Waals surface area contributed by atoms with Crippen molar-refractivity contribution in [3.05, 3.63) is 0 Å². The number of carboxylic acids is 1. The first kappa shape index (κ1) is 44.1. The summed E-state index contributed by atoms with van der Waals surface area (Å²) in [6, 6.07) is -2.12. The van der Waals surface area contributed by atoms with Crippen LogP contribution < -0.4 is 5.73 Å². The molecule has 7 nitrogen and oxygen atoms in total. The summed E-state index contributed by atoms with van der Waals surface area (Å²) >= 11 is 0. The maximum atomic E-state index is 13.7. The summed E-state index contributed by atoms with van der Waals surface area (Å²) in [6.45, 7) is 0. The predicted molar refractivity (Wildman–Crippen MR) is 94.8 cm³/mol. The first-order chi connectivity index (χ1) is 16.2. The summed E-state index contributed by atoms with van der Waals surface area (Å²) in [7, 11) is -8.06. The molecule has 230 valence electrons. The topological polar surface area (TPSA) is 124 Å². The zero-order valence-electron chi connectivity index (χ0n) is 16.9. The molecule has 0 amide bonds. The number of rotatable bonds is 12. The average Bonchev–Trinajstić information content (AvgIpc) is 2.69. The predicted octanol–water partition coefficient (Wildman–Crippen LogP) is 2.72. The van der Waals surface area contributed by atoms with E-state index in [0.717, 1.165) is 0 Å². The monoisotopic (exact) mass is 677 g/mol. The van der Waals surface area contributed by atoms with Gasteiger partial charge in [0.05, 0.1) is 0 Å². The second-order valence-corrected chi connectivity index (χ2v) is 8.44. The molecule has 0 fully saturated rings. The number of aliphatic carboxylic acids is 1. The zero-order chi connectivity index (χ0) is 31.4. The molecule has 0 saturated carbocycles. The van der Waals surface area contributed by atoms with Gasteiger partial charge in [-0.2, -0.15) is 83.1 Å². The molecule has 0 aliphatic carbocycles. The summed E-state index contributed by atoms with van der Waals surface area (Å²) < 4.78 is 248. The van der Waals surface area contributed by atoms with Crippen molar-refractivity contribution in [1.29, 1.82) is 0 Å². The van der Waals surface area contributed by atoms with Crippen LogP contribution in [-0.4, -0.2) is 138 Å². The van der Waals surface area contributed by atoms with Gasteiger partial charge in [-0.05, 0) is 6.42 Å². The van der Waals surface area contributed by atoms with Crippen LogP contribution in [0.3, 0.4) is 0 Å². The van der Waals surface area contributed by atoms with Crippen molar-refractivity contribution in [2.75, 3.05) is 0 Å². The van der Waals surface area contributed by atoms with Crippen molar-refractivity contribution < 1.29 is 102 Å². The van der Waals surface area contributed by atoms with E-state index in [1.807, 2.05) is 0 Å². The first-order valence-corrected chi connectivity index (χ1v) is 9.79. The molecule has 0 rings (SSSR count). The third-order valence-corrected chi connectivity index (χ3v) is 5.48. The second kappa shape index (κ2) is 12.7. The Morgan fingerprint density at radius 1 is 0.650 bits per heavy atom. The van der Waals surface area contributed by atoms with Gasteiger partial charge in [-0.15, -0.1) is 0 Å². The van der Waals surface area contributed by atoms with Crippen molar-refractivity contribution in [3.63, 3.8) is 0 Å². The molecule has 0 spiro atoms. The van der Waals surface area contributed by atoms with Crippen molar-refractivity contribution in [2.24, 2.45) is 5.73 Å². The molecule has 0 aromatic heterocycles. The van der Waals surface area contributed by atoms with Gasteiger partial charge in [0.15, 0.2) is 0 Å². The minimum atomic E-state index is -9.03. The summed E-state index contributed by atoms with van der Waals surface area (Å²) in [5.41, 5.74) is 4.76. The Kier molecular flexibility index (Phi) is 14.0. The summed E-state index contributed by atoms with van der Waals surface area (Å²) in [5.74, 6) is -57.4. The average molecular weight is 677 g/mol. The molecule has 0 saturated heterocycles. The van der Waals surface area contributed by atoms with Crippen molar-refractivity contribution >= 4 is 81.2 Å². The summed E-state index contributed by atoms with van der Waals surface area (Å²) in [4.78, 5) is 21.5. The van der Waals surface area contributed by atoms with Gasteiger partial charge < -0.3 is 15.0 Å². The van der Waals surface area contributed by atoms with E-state index in [2.05, 4.69) is 4.18 Å². The number of alkyl halides is 17. The van der Waals surface area contributed by atoms with Crippen molar-refractivity contribution in [2.45, 2.75) is 65.8 Å². The molecule has 0 bridgehead atoms. The third kappa shape index (κ3) is 6.90. The van der Waals surface area contributed by atoms with E-state index in [9.17, 15) is 92.6 Å². The van der Waals surface area contributed by atoms with Gasteiger partial charge in [0.25, 0.3) is 0 Å². The van der Waals surface area contributed by atoms with Crippen LogP contribution >= 0.6 is 0 Å². The van der Waals surface area contributed by atoms with Crippen molar-refractivity contribution in [3.8, 4) is 0 Å². The summed E-state index contributed by atoms with van der Waals surface area (Å²) in [5, 5.41) is 0.336. The Morgan fingerprint density at radius 3 is 1.25 bits per heavy atom. The van der Waals surface area contributed by atoms with Crippen LogP contribution in [0.25, 0.3) is 0 Å². The molecule has 0 aliphatic rings. The Bertz CT molecular complexity index is 1030. The molecule has 0 radical (unpaired) electrons. The van der Waals surface area contributed by atoms with Crippen LogP contribution in [0.15, 0.2) is 0 Å². The van der Waals surface area contributed by atoms with Crippen LogP contribution in [0.5, 0.6) is 0 Å². The van der Waals surface area contributed by atoms with Gasteiger partial charge in [0.1, 0.15) is 6.04 Å². The van der Waals surface area contributed by atoms with Crippen LogP contribution in [0.1, 0.15) is 12.8 Å². The van der Waals surface area contributed by atoms with E-state index in [1.54, 1.807) is 0 Å². The molecule has 40 heavy (non-hydrogen) atoms. The van der Waals surface area contributed by atoms with E-state index in [4.69, 9.17) is 10.8 Å². The van der Waals surface area contributed by atoms with Gasteiger partial charge in [0.2, 0.25) is 0 Å². The molecule has 0 aromatic rings. The molecular formula is C13H10F17NNa2O6S.